The van der Waals surface area contributed by atoms with Gasteiger partial charge in [-0.1, -0.05) is 11.6 Å². The van der Waals surface area contributed by atoms with Crippen molar-refractivity contribution in [3.05, 3.63) is 23.2 Å². The van der Waals surface area contributed by atoms with E-state index in [2.05, 4.69) is 5.32 Å². The summed E-state index contributed by atoms with van der Waals surface area (Å²) < 4.78 is 5.13. The molecule has 1 amide bonds. The molecular weight excluding hydrogens is 250 g/mol. The lowest BCUT2D eigenvalue weighted by Gasteiger charge is -2.13. The second kappa shape index (κ2) is 4.47. The standard InChI is InChI=1S/C14H16ClNO2/c1-18-13-7-11(2-3-12(13)15)16-14(17)10-5-8-4-9(8)6-10/h2-3,7-10H,4-6H2,1H3,(H,16,17). The molecule has 2 aliphatic carbocycles. The molecule has 18 heavy (non-hydrogen) atoms. The summed E-state index contributed by atoms with van der Waals surface area (Å²) in [6.45, 7) is 0. The summed E-state index contributed by atoms with van der Waals surface area (Å²) >= 11 is 5.95. The van der Waals surface area contributed by atoms with Crippen LogP contribution in [0.25, 0.3) is 0 Å². The zero-order chi connectivity index (χ0) is 12.7. The Hall–Kier alpha value is -1.22. The van der Waals surface area contributed by atoms with E-state index in [9.17, 15) is 4.79 Å². The summed E-state index contributed by atoms with van der Waals surface area (Å²) in [6, 6.07) is 5.30. The summed E-state index contributed by atoms with van der Waals surface area (Å²) in [5, 5.41) is 3.50. The van der Waals surface area contributed by atoms with Gasteiger partial charge in [-0.05, 0) is 43.2 Å². The van der Waals surface area contributed by atoms with Gasteiger partial charge in [-0.25, -0.2) is 0 Å². The van der Waals surface area contributed by atoms with Crippen LogP contribution in [0.15, 0.2) is 18.2 Å². The highest BCUT2D eigenvalue weighted by atomic mass is 35.5. The molecule has 4 heteroatoms. The van der Waals surface area contributed by atoms with Gasteiger partial charge in [0.2, 0.25) is 5.91 Å². The second-order valence-corrected chi connectivity index (χ2v) is 5.67. The molecular formula is C14H16ClNO2. The van der Waals surface area contributed by atoms with Gasteiger partial charge in [-0.3, -0.25) is 4.79 Å². The Kier molecular flexibility index (Phi) is 2.94. The predicted octanol–water partition coefficient (Wildman–Crippen LogP) is 3.33. The van der Waals surface area contributed by atoms with Gasteiger partial charge >= 0.3 is 0 Å². The summed E-state index contributed by atoms with van der Waals surface area (Å²) in [4.78, 5) is 12.1. The number of hydrogen-bond donors (Lipinski definition) is 1. The molecule has 3 rings (SSSR count). The molecule has 0 radical (unpaired) electrons. The van der Waals surface area contributed by atoms with Crippen LogP contribution in [0, 0.1) is 17.8 Å². The SMILES string of the molecule is COc1cc(NC(=O)C2CC3CC3C2)ccc1Cl. The van der Waals surface area contributed by atoms with Crippen molar-refractivity contribution in [3.8, 4) is 5.75 Å². The minimum Gasteiger partial charge on any atom is -0.495 e. The van der Waals surface area contributed by atoms with Crippen LogP contribution in [0.5, 0.6) is 5.75 Å². The van der Waals surface area contributed by atoms with Crippen LogP contribution < -0.4 is 10.1 Å². The van der Waals surface area contributed by atoms with E-state index in [0.717, 1.165) is 30.4 Å². The van der Waals surface area contributed by atoms with Crippen molar-refractivity contribution < 1.29 is 9.53 Å². The number of methoxy groups -OCH3 is 1. The van der Waals surface area contributed by atoms with Crippen molar-refractivity contribution in [2.75, 3.05) is 12.4 Å². The van der Waals surface area contributed by atoms with Crippen LogP contribution in [0.3, 0.4) is 0 Å². The maximum absolute atomic E-state index is 12.1. The fourth-order valence-electron chi connectivity index (χ4n) is 2.91. The van der Waals surface area contributed by atoms with Crippen LogP contribution in [0.2, 0.25) is 5.02 Å². The summed E-state index contributed by atoms with van der Waals surface area (Å²) in [5.74, 6) is 2.55. The van der Waals surface area contributed by atoms with Crippen LogP contribution in [0.4, 0.5) is 5.69 Å². The van der Waals surface area contributed by atoms with Gasteiger partial charge in [-0.15, -0.1) is 0 Å². The third kappa shape index (κ3) is 2.19. The quantitative estimate of drug-likeness (QED) is 0.910. The van der Waals surface area contributed by atoms with Crippen LogP contribution in [-0.2, 0) is 4.79 Å². The second-order valence-electron chi connectivity index (χ2n) is 5.26. The molecule has 1 N–H and O–H groups in total. The highest BCUT2D eigenvalue weighted by Crippen LogP contribution is 2.54. The first-order chi connectivity index (χ1) is 8.67. The molecule has 2 fully saturated rings. The number of ether oxygens (including phenoxy) is 1. The van der Waals surface area contributed by atoms with Gasteiger partial charge in [0.1, 0.15) is 5.75 Å². The lowest BCUT2D eigenvalue weighted by atomic mass is 10.0. The first-order valence-electron chi connectivity index (χ1n) is 6.32. The number of carbonyl (C=O) groups is 1. The van der Waals surface area contributed by atoms with E-state index in [0.29, 0.717) is 10.8 Å². The number of anilines is 1. The first kappa shape index (κ1) is 11.8. The minimum absolute atomic E-state index is 0.131. The number of hydrogen-bond acceptors (Lipinski definition) is 2. The zero-order valence-corrected chi connectivity index (χ0v) is 11.0. The zero-order valence-electron chi connectivity index (χ0n) is 10.3. The third-order valence-electron chi connectivity index (χ3n) is 4.03. The van der Waals surface area contributed by atoms with E-state index in [1.165, 1.54) is 6.42 Å². The first-order valence-corrected chi connectivity index (χ1v) is 6.69. The molecule has 2 saturated carbocycles. The lowest BCUT2D eigenvalue weighted by Crippen LogP contribution is -2.21. The molecule has 0 spiro atoms. The van der Waals surface area contributed by atoms with Gasteiger partial charge in [0, 0.05) is 17.7 Å². The molecule has 0 aliphatic heterocycles. The maximum Gasteiger partial charge on any atom is 0.227 e. The number of fused-ring (bicyclic) bond motifs is 1. The molecule has 2 aliphatic rings. The Labute approximate surface area is 111 Å². The average molecular weight is 266 g/mol. The number of rotatable bonds is 3. The van der Waals surface area contributed by atoms with Crippen LogP contribution in [0.1, 0.15) is 19.3 Å². The monoisotopic (exact) mass is 265 g/mol. The number of benzene rings is 1. The van der Waals surface area contributed by atoms with Crippen LogP contribution in [-0.4, -0.2) is 13.0 Å². The van der Waals surface area contributed by atoms with E-state index < -0.39 is 0 Å². The molecule has 2 atom stereocenters. The molecule has 1 aromatic rings. The molecule has 0 heterocycles. The topological polar surface area (TPSA) is 38.3 Å². The number of amides is 1. The molecule has 0 bridgehead atoms. The Balaban J connectivity index is 1.66. The summed E-state index contributed by atoms with van der Waals surface area (Å²) in [6.07, 6.45) is 3.45. The minimum atomic E-state index is 0.131. The summed E-state index contributed by atoms with van der Waals surface area (Å²) in [5.41, 5.74) is 0.752. The van der Waals surface area contributed by atoms with E-state index in [-0.39, 0.29) is 11.8 Å². The Morgan fingerprint density at radius 3 is 2.72 bits per heavy atom. The Morgan fingerprint density at radius 2 is 2.06 bits per heavy atom. The molecule has 2 unspecified atom stereocenters. The normalized spacial score (nSPS) is 28.7. The molecule has 96 valence electrons. The largest absolute Gasteiger partial charge is 0.495 e. The number of carbonyl (C=O) groups excluding carboxylic acids is 1. The highest BCUT2D eigenvalue weighted by molar-refractivity contribution is 6.32. The van der Waals surface area contributed by atoms with Crippen molar-refractivity contribution in [3.63, 3.8) is 0 Å². The fraction of sp³-hybridized carbons (Fsp3) is 0.500. The van der Waals surface area contributed by atoms with Gasteiger partial charge in [0.15, 0.2) is 0 Å². The number of nitrogens with one attached hydrogen (secondary N) is 1. The van der Waals surface area contributed by atoms with Gasteiger partial charge in [-0.2, -0.15) is 0 Å². The Morgan fingerprint density at radius 1 is 1.33 bits per heavy atom. The van der Waals surface area contributed by atoms with Crippen molar-refractivity contribution >= 4 is 23.2 Å². The summed E-state index contributed by atoms with van der Waals surface area (Å²) in [7, 11) is 1.57. The molecule has 0 aromatic heterocycles. The van der Waals surface area contributed by atoms with E-state index >= 15 is 0 Å². The van der Waals surface area contributed by atoms with Crippen LogP contribution >= 0.6 is 11.6 Å². The van der Waals surface area contributed by atoms with Crippen molar-refractivity contribution in [2.45, 2.75) is 19.3 Å². The molecule has 1 aromatic carbocycles. The van der Waals surface area contributed by atoms with Crippen molar-refractivity contribution in [1.29, 1.82) is 0 Å². The van der Waals surface area contributed by atoms with Gasteiger partial charge in [0.25, 0.3) is 0 Å². The molecule has 0 saturated heterocycles. The third-order valence-corrected chi connectivity index (χ3v) is 4.35. The molecule has 3 nitrogen and oxygen atoms in total. The predicted molar refractivity (Wildman–Crippen MR) is 71.0 cm³/mol. The van der Waals surface area contributed by atoms with Gasteiger partial charge in [0.05, 0.1) is 12.1 Å². The fourth-order valence-corrected chi connectivity index (χ4v) is 3.11. The average Bonchev–Trinajstić information content (AvgIpc) is 2.98. The maximum atomic E-state index is 12.1. The lowest BCUT2D eigenvalue weighted by molar-refractivity contribution is -0.120. The van der Waals surface area contributed by atoms with Gasteiger partial charge < -0.3 is 10.1 Å². The van der Waals surface area contributed by atoms with E-state index in [1.807, 2.05) is 0 Å². The highest BCUT2D eigenvalue weighted by Gasteiger charge is 2.47. The smallest absolute Gasteiger partial charge is 0.227 e. The van der Waals surface area contributed by atoms with Crippen molar-refractivity contribution in [2.24, 2.45) is 17.8 Å². The van der Waals surface area contributed by atoms with E-state index in [1.54, 1.807) is 25.3 Å². The Bertz CT molecular complexity index is 479. The van der Waals surface area contributed by atoms with Crippen molar-refractivity contribution in [1.82, 2.24) is 0 Å². The number of halogens is 1. The van der Waals surface area contributed by atoms with E-state index in [4.69, 9.17) is 16.3 Å².